The summed E-state index contributed by atoms with van der Waals surface area (Å²) in [5.74, 6) is 0.461. The van der Waals surface area contributed by atoms with Crippen LogP contribution in [-0.4, -0.2) is 16.9 Å². The lowest BCUT2D eigenvalue weighted by atomic mass is 9.88. The fraction of sp³-hybridized carbons (Fsp3) is 0.529. The van der Waals surface area contributed by atoms with Crippen molar-refractivity contribution in [3.8, 4) is 0 Å². The Bertz CT molecular complexity index is 620. The lowest BCUT2D eigenvalue weighted by Gasteiger charge is -2.27. The van der Waals surface area contributed by atoms with Gasteiger partial charge in [0.15, 0.2) is 5.58 Å². The summed E-state index contributed by atoms with van der Waals surface area (Å²) in [7, 11) is 0. The summed E-state index contributed by atoms with van der Waals surface area (Å²) in [6.07, 6.45) is 8.93. The van der Waals surface area contributed by atoms with Gasteiger partial charge in [-0.05, 0) is 30.9 Å². The van der Waals surface area contributed by atoms with Crippen LogP contribution >= 0.6 is 0 Å². The first-order valence-corrected chi connectivity index (χ1v) is 7.89. The summed E-state index contributed by atoms with van der Waals surface area (Å²) < 4.78 is 5.26. The van der Waals surface area contributed by atoms with Gasteiger partial charge in [0, 0.05) is 12.1 Å². The predicted molar refractivity (Wildman–Crippen MR) is 82.1 cm³/mol. The van der Waals surface area contributed by atoms with Crippen LogP contribution < -0.4 is 5.32 Å². The molecule has 1 amide bonds. The Morgan fingerprint density at radius 1 is 1.19 bits per heavy atom. The van der Waals surface area contributed by atoms with Crippen LogP contribution in [0.1, 0.15) is 55.9 Å². The van der Waals surface area contributed by atoms with E-state index in [4.69, 9.17) is 4.42 Å². The zero-order valence-corrected chi connectivity index (χ0v) is 12.5. The highest BCUT2D eigenvalue weighted by atomic mass is 16.3. The van der Waals surface area contributed by atoms with E-state index < -0.39 is 0 Å². The summed E-state index contributed by atoms with van der Waals surface area (Å²) in [5.41, 5.74) is 1.91. The van der Waals surface area contributed by atoms with Crippen molar-refractivity contribution in [3.05, 3.63) is 30.2 Å². The van der Waals surface area contributed by atoms with Gasteiger partial charge in [-0.1, -0.05) is 32.6 Å². The minimum absolute atomic E-state index is 0.0736. The van der Waals surface area contributed by atoms with Crippen molar-refractivity contribution in [2.24, 2.45) is 5.92 Å². The van der Waals surface area contributed by atoms with Crippen molar-refractivity contribution in [1.82, 2.24) is 10.3 Å². The lowest BCUT2D eigenvalue weighted by molar-refractivity contribution is 0.0911. The molecule has 1 aliphatic carbocycles. The third kappa shape index (κ3) is 3.26. The Hall–Kier alpha value is -1.84. The summed E-state index contributed by atoms with van der Waals surface area (Å²) >= 11 is 0. The largest absolute Gasteiger partial charge is 0.463 e. The van der Waals surface area contributed by atoms with Crippen LogP contribution in [0, 0.1) is 5.92 Å². The summed E-state index contributed by atoms with van der Waals surface area (Å²) in [4.78, 5) is 16.8. The van der Waals surface area contributed by atoms with Crippen molar-refractivity contribution in [3.63, 3.8) is 0 Å². The quantitative estimate of drug-likeness (QED) is 0.910. The molecule has 4 heteroatoms. The molecule has 1 N–H and O–H groups in total. The lowest BCUT2D eigenvalue weighted by Crippen LogP contribution is -2.40. The number of hydrogen-bond donors (Lipinski definition) is 1. The number of nitrogens with one attached hydrogen (secondary N) is 1. The number of pyridine rings is 1. The van der Waals surface area contributed by atoms with Crippen LogP contribution in [0.3, 0.4) is 0 Å². The molecule has 112 valence electrons. The predicted octanol–water partition coefficient (Wildman–Crippen LogP) is 3.92. The van der Waals surface area contributed by atoms with E-state index in [-0.39, 0.29) is 11.9 Å². The number of nitrogens with zero attached hydrogens (tertiary/aromatic N) is 1. The maximum atomic E-state index is 12.4. The topological polar surface area (TPSA) is 55.1 Å². The number of carbonyl (C=O) groups is 1. The SMILES string of the molecule is CC1CCCCCCC1NC(=O)c1ccc2occc2n1. The number of furan rings is 1. The van der Waals surface area contributed by atoms with Crippen molar-refractivity contribution < 1.29 is 9.21 Å². The second-order valence-corrected chi connectivity index (χ2v) is 6.05. The minimum atomic E-state index is -0.0736. The highest BCUT2D eigenvalue weighted by molar-refractivity contribution is 5.94. The first-order chi connectivity index (χ1) is 10.2. The molecule has 21 heavy (non-hydrogen) atoms. The molecule has 0 radical (unpaired) electrons. The van der Waals surface area contributed by atoms with Gasteiger partial charge in [-0.25, -0.2) is 4.98 Å². The molecule has 0 aliphatic heterocycles. The monoisotopic (exact) mass is 286 g/mol. The average Bonchev–Trinajstić information content (AvgIpc) is 2.94. The third-order valence-electron chi connectivity index (χ3n) is 4.47. The van der Waals surface area contributed by atoms with Gasteiger partial charge < -0.3 is 9.73 Å². The van der Waals surface area contributed by atoms with Gasteiger partial charge in [-0.15, -0.1) is 0 Å². The Morgan fingerprint density at radius 3 is 2.86 bits per heavy atom. The molecule has 1 saturated carbocycles. The summed E-state index contributed by atoms with van der Waals surface area (Å²) in [6, 6.07) is 5.58. The van der Waals surface area contributed by atoms with E-state index in [0.717, 1.165) is 11.9 Å². The third-order valence-corrected chi connectivity index (χ3v) is 4.47. The smallest absolute Gasteiger partial charge is 0.270 e. The number of amides is 1. The second-order valence-electron chi connectivity index (χ2n) is 6.05. The van der Waals surface area contributed by atoms with Crippen LogP contribution in [0.2, 0.25) is 0 Å². The van der Waals surface area contributed by atoms with E-state index in [1.165, 1.54) is 32.1 Å². The Kier molecular flexibility index (Phi) is 4.23. The van der Waals surface area contributed by atoms with E-state index in [2.05, 4.69) is 17.2 Å². The van der Waals surface area contributed by atoms with Crippen molar-refractivity contribution in [2.75, 3.05) is 0 Å². The molecular weight excluding hydrogens is 264 g/mol. The molecule has 2 atom stereocenters. The molecule has 2 heterocycles. The first-order valence-electron chi connectivity index (χ1n) is 7.89. The van der Waals surface area contributed by atoms with Crippen LogP contribution in [-0.2, 0) is 0 Å². The highest BCUT2D eigenvalue weighted by Gasteiger charge is 2.22. The van der Waals surface area contributed by atoms with E-state index in [1.54, 1.807) is 24.5 Å². The Balaban J connectivity index is 1.71. The average molecular weight is 286 g/mol. The van der Waals surface area contributed by atoms with E-state index in [0.29, 0.717) is 17.2 Å². The summed E-state index contributed by atoms with van der Waals surface area (Å²) in [5, 5.41) is 3.18. The molecular formula is C17H22N2O2. The molecule has 0 saturated heterocycles. The Labute approximate surface area is 124 Å². The van der Waals surface area contributed by atoms with E-state index in [9.17, 15) is 4.79 Å². The zero-order valence-electron chi connectivity index (χ0n) is 12.5. The molecule has 2 unspecified atom stereocenters. The van der Waals surface area contributed by atoms with E-state index >= 15 is 0 Å². The zero-order chi connectivity index (χ0) is 14.7. The van der Waals surface area contributed by atoms with Crippen molar-refractivity contribution in [2.45, 2.75) is 51.5 Å². The number of rotatable bonds is 2. The first kappa shape index (κ1) is 14.1. The fourth-order valence-electron chi connectivity index (χ4n) is 3.11. The van der Waals surface area contributed by atoms with Gasteiger partial charge in [-0.2, -0.15) is 0 Å². The van der Waals surface area contributed by atoms with Gasteiger partial charge in [0.1, 0.15) is 11.2 Å². The molecule has 2 aromatic heterocycles. The van der Waals surface area contributed by atoms with Crippen molar-refractivity contribution in [1.29, 1.82) is 0 Å². The number of fused-ring (bicyclic) bond motifs is 1. The van der Waals surface area contributed by atoms with Gasteiger partial charge >= 0.3 is 0 Å². The molecule has 2 aromatic rings. The normalized spacial score (nSPS) is 23.5. The van der Waals surface area contributed by atoms with Crippen LogP contribution in [0.15, 0.2) is 28.9 Å². The number of aromatic nitrogens is 1. The maximum Gasteiger partial charge on any atom is 0.270 e. The van der Waals surface area contributed by atoms with Crippen molar-refractivity contribution >= 4 is 17.0 Å². The molecule has 0 bridgehead atoms. The fourth-order valence-corrected chi connectivity index (χ4v) is 3.11. The van der Waals surface area contributed by atoms with Gasteiger partial charge in [0.25, 0.3) is 5.91 Å². The second kappa shape index (κ2) is 6.29. The van der Waals surface area contributed by atoms with Gasteiger partial charge in [0.2, 0.25) is 0 Å². The molecule has 0 aromatic carbocycles. The molecule has 4 nitrogen and oxygen atoms in total. The Morgan fingerprint density at radius 2 is 2.00 bits per heavy atom. The standard InChI is InChI=1S/C17H22N2O2/c1-12-6-4-2-3-5-7-13(12)19-17(20)15-8-9-16-14(18-15)10-11-21-16/h8-13H,2-7H2,1H3,(H,19,20). The molecule has 0 spiro atoms. The molecule has 1 fully saturated rings. The van der Waals surface area contributed by atoms with Gasteiger partial charge in [0.05, 0.1) is 6.26 Å². The maximum absolute atomic E-state index is 12.4. The highest BCUT2D eigenvalue weighted by Crippen LogP contribution is 2.23. The summed E-state index contributed by atoms with van der Waals surface area (Å²) in [6.45, 7) is 2.24. The van der Waals surface area contributed by atoms with Crippen LogP contribution in [0.5, 0.6) is 0 Å². The van der Waals surface area contributed by atoms with Gasteiger partial charge in [-0.3, -0.25) is 4.79 Å². The van der Waals surface area contributed by atoms with Crippen LogP contribution in [0.4, 0.5) is 0 Å². The van der Waals surface area contributed by atoms with Crippen LogP contribution in [0.25, 0.3) is 11.1 Å². The minimum Gasteiger partial charge on any atom is -0.463 e. The van der Waals surface area contributed by atoms with E-state index in [1.807, 2.05) is 0 Å². The number of hydrogen-bond acceptors (Lipinski definition) is 3. The number of carbonyl (C=O) groups excluding carboxylic acids is 1. The molecule has 3 rings (SSSR count). The molecule has 1 aliphatic rings.